The normalized spacial score (nSPS) is 11.8. The van der Waals surface area contributed by atoms with Crippen LogP contribution in [0.15, 0.2) is 53.8 Å². The third kappa shape index (κ3) is 3.90. The van der Waals surface area contributed by atoms with Crippen LogP contribution in [0.4, 0.5) is 18.9 Å². The molecule has 0 fully saturated rings. The second-order valence-electron chi connectivity index (χ2n) is 7.49. The van der Waals surface area contributed by atoms with Crippen LogP contribution >= 0.6 is 11.6 Å². The molecule has 5 rings (SSSR count). The van der Waals surface area contributed by atoms with E-state index in [2.05, 4.69) is 29.9 Å². The number of aryl methyl sites for hydroxylation is 1. The van der Waals surface area contributed by atoms with Gasteiger partial charge < -0.3 is 4.98 Å². The number of aromatic amines is 2. The van der Waals surface area contributed by atoms with Crippen molar-refractivity contribution in [2.45, 2.75) is 11.8 Å². The molecule has 0 unspecified atom stereocenters. The van der Waals surface area contributed by atoms with Crippen molar-refractivity contribution in [3.8, 4) is 22.6 Å². The first-order valence-corrected chi connectivity index (χ1v) is 11.8. The van der Waals surface area contributed by atoms with Gasteiger partial charge in [-0.25, -0.2) is 26.6 Å². The molecule has 13 heteroatoms. The summed E-state index contributed by atoms with van der Waals surface area (Å²) in [6.07, 6.45) is 4.33. The van der Waals surface area contributed by atoms with Crippen LogP contribution < -0.4 is 4.72 Å². The predicted molar refractivity (Wildman–Crippen MR) is 124 cm³/mol. The number of nitrogens with one attached hydrogen (secondary N) is 3. The van der Waals surface area contributed by atoms with Crippen LogP contribution in [-0.2, 0) is 10.0 Å². The van der Waals surface area contributed by atoms with Crippen molar-refractivity contribution in [1.29, 1.82) is 0 Å². The molecule has 0 aliphatic heterocycles. The second kappa shape index (κ2) is 8.40. The fourth-order valence-corrected chi connectivity index (χ4v) is 5.17. The number of benzene rings is 2. The summed E-state index contributed by atoms with van der Waals surface area (Å²) in [5.74, 6) is -2.98. The largest absolute Gasteiger partial charge is 0.343 e. The highest BCUT2D eigenvalue weighted by Crippen LogP contribution is 2.37. The Balaban J connectivity index is 1.60. The Morgan fingerprint density at radius 1 is 1.06 bits per heavy atom. The quantitative estimate of drug-likeness (QED) is 0.296. The Hall–Kier alpha value is -3.90. The summed E-state index contributed by atoms with van der Waals surface area (Å²) in [6.45, 7) is 1.43. The third-order valence-electron chi connectivity index (χ3n) is 5.30. The zero-order valence-corrected chi connectivity index (χ0v) is 19.3. The number of hydrogen-bond acceptors (Lipinski definition) is 5. The molecule has 3 aromatic heterocycles. The van der Waals surface area contributed by atoms with Gasteiger partial charge in [0.05, 0.1) is 22.0 Å². The maximum atomic E-state index is 15.4. The SMILES string of the molecule is Cc1ncc(Cl)cc1S(=O)(=O)Nc1ccc(F)c(-c2ccc3c(-c4ncc[nH]4)n[nH]c3c2F)c1F. The number of H-pyrrole nitrogens is 2. The van der Waals surface area contributed by atoms with Gasteiger partial charge in [-0.3, -0.25) is 14.8 Å². The minimum Gasteiger partial charge on any atom is -0.343 e. The molecule has 35 heavy (non-hydrogen) atoms. The van der Waals surface area contributed by atoms with Gasteiger partial charge in [-0.2, -0.15) is 5.10 Å². The summed E-state index contributed by atoms with van der Waals surface area (Å²) in [5, 5.41) is 6.95. The van der Waals surface area contributed by atoms with E-state index < -0.39 is 44.3 Å². The van der Waals surface area contributed by atoms with Crippen molar-refractivity contribution in [1.82, 2.24) is 25.1 Å². The molecule has 0 atom stereocenters. The molecule has 3 N–H and O–H groups in total. The topological polar surface area (TPSA) is 116 Å². The van der Waals surface area contributed by atoms with Gasteiger partial charge in [0.25, 0.3) is 10.0 Å². The zero-order chi connectivity index (χ0) is 24.9. The van der Waals surface area contributed by atoms with Crippen LogP contribution in [-0.4, -0.2) is 33.6 Å². The van der Waals surface area contributed by atoms with E-state index in [-0.39, 0.29) is 21.1 Å². The molecule has 0 radical (unpaired) electrons. The van der Waals surface area contributed by atoms with Crippen molar-refractivity contribution in [2.75, 3.05) is 4.72 Å². The lowest BCUT2D eigenvalue weighted by atomic mass is 10.0. The summed E-state index contributed by atoms with van der Waals surface area (Å²) < 4.78 is 73.4. The lowest BCUT2D eigenvalue weighted by Gasteiger charge is -2.14. The number of pyridine rings is 1. The maximum Gasteiger partial charge on any atom is 0.263 e. The molecule has 0 saturated carbocycles. The van der Waals surface area contributed by atoms with Crippen molar-refractivity contribution < 1.29 is 21.6 Å². The van der Waals surface area contributed by atoms with Gasteiger partial charge in [-0.05, 0) is 31.2 Å². The van der Waals surface area contributed by atoms with Crippen LogP contribution in [0.5, 0.6) is 0 Å². The Morgan fingerprint density at radius 3 is 2.60 bits per heavy atom. The molecule has 0 aliphatic rings. The van der Waals surface area contributed by atoms with E-state index in [1.54, 1.807) is 6.20 Å². The Morgan fingerprint density at radius 2 is 1.86 bits per heavy atom. The number of aromatic nitrogens is 5. The number of rotatable bonds is 5. The summed E-state index contributed by atoms with van der Waals surface area (Å²) in [6, 6.07) is 5.51. The maximum absolute atomic E-state index is 15.4. The molecule has 8 nitrogen and oxygen atoms in total. The molecular formula is C22H14ClF3N6O2S. The number of nitrogens with zero attached hydrogens (tertiary/aromatic N) is 3. The van der Waals surface area contributed by atoms with Crippen LogP contribution in [0.25, 0.3) is 33.5 Å². The smallest absolute Gasteiger partial charge is 0.263 e. The molecule has 0 saturated heterocycles. The fourth-order valence-electron chi connectivity index (χ4n) is 3.66. The van der Waals surface area contributed by atoms with Crippen molar-refractivity contribution >= 4 is 38.2 Å². The Kier molecular flexibility index (Phi) is 5.49. The van der Waals surface area contributed by atoms with Gasteiger partial charge in [0.2, 0.25) is 0 Å². The Labute approximate surface area is 201 Å². The van der Waals surface area contributed by atoms with E-state index in [0.717, 1.165) is 18.2 Å². The highest BCUT2D eigenvalue weighted by molar-refractivity contribution is 7.92. The number of hydrogen-bond donors (Lipinski definition) is 3. The van der Waals surface area contributed by atoms with E-state index in [9.17, 15) is 12.8 Å². The van der Waals surface area contributed by atoms with Crippen molar-refractivity contribution in [2.24, 2.45) is 0 Å². The standard InChI is InChI=1S/C22H14ClF3N6O2S/c1-10-16(8-11(23)9-29-10)35(33,34)32-15-5-4-14(24)17(19(15)26)12-2-3-13-20(18(12)25)30-31-21(13)22-27-6-7-28-22/h2-9,32H,1H3,(H,27,28)(H,30,31). The minimum atomic E-state index is -4.35. The molecule has 0 aliphatic carbocycles. The summed E-state index contributed by atoms with van der Waals surface area (Å²) in [5.41, 5.74) is -1.42. The van der Waals surface area contributed by atoms with E-state index in [4.69, 9.17) is 11.6 Å². The van der Waals surface area contributed by atoms with Gasteiger partial charge in [0.1, 0.15) is 21.9 Å². The number of sulfonamides is 1. The Bertz CT molecular complexity index is 1700. The van der Waals surface area contributed by atoms with Gasteiger partial charge in [0, 0.05) is 29.5 Å². The van der Waals surface area contributed by atoms with E-state index in [1.807, 2.05) is 0 Å². The van der Waals surface area contributed by atoms with Gasteiger partial charge >= 0.3 is 0 Å². The van der Waals surface area contributed by atoms with Crippen molar-refractivity contribution in [3.63, 3.8) is 0 Å². The molecule has 5 aromatic rings. The van der Waals surface area contributed by atoms with Crippen LogP contribution in [0.3, 0.4) is 0 Å². The molecule has 3 heterocycles. The van der Waals surface area contributed by atoms with Crippen LogP contribution in [0, 0.1) is 24.4 Å². The number of halogens is 4. The highest BCUT2D eigenvalue weighted by atomic mass is 35.5. The average Bonchev–Trinajstić information content (AvgIpc) is 3.49. The molecular weight excluding hydrogens is 505 g/mol. The first-order valence-electron chi connectivity index (χ1n) is 9.97. The lowest BCUT2D eigenvalue weighted by molar-refractivity contribution is 0.583. The first kappa shape index (κ1) is 22.9. The molecule has 2 aromatic carbocycles. The van der Waals surface area contributed by atoms with E-state index in [0.29, 0.717) is 16.9 Å². The molecule has 0 amide bonds. The fraction of sp³-hybridized carbons (Fsp3) is 0.0455. The summed E-state index contributed by atoms with van der Waals surface area (Å²) in [7, 11) is -4.35. The van der Waals surface area contributed by atoms with Gasteiger partial charge in [0.15, 0.2) is 17.5 Å². The third-order valence-corrected chi connectivity index (χ3v) is 6.99. The number of fused-ring (bicyclic) bond motifs is 1. The van der Waals surface area contributed by atoms with Crippen LogP contribution in [0.1, 0.15) is 5.69 Å². The minimum absolute atomic E-state index is 0.0556. The summed E-state index contributed by atoms with van der Waals surface area (Å²) in [4.78, 5) is 10.5. The lowest BCUT2D eigenvalue weighted by Crippen LogP contribution is -2.16. The monoisotopic (exact) mass is 518 g/mol. The average molecular weight is 519 g/mol. The summed E-state index contributed by atoms with van der Waals surface area (Å²) >= 11 is 5.85. The highest BCUT2D eigenvalue weighted by Gasteiger charge is 2.25. The molecule has 178 valence electrons. The first-order chi connectivity index (χ1) is 16.7. The predicted octanol–water partition coefficient (Wildman–Crippen LogP) is 5.19. The molecule has 0 spiro atoms. The van der Waals surface area contributed by atoms with Gasteiger partial charge in [-0.15, -0.1) is 0 Å². The molecule has 0 bridgehead atoms. The number of imidazole rings is 1. The van der Waals surface area contributed by atoms with Crippen LogP contribution in [0.2, 0.25) is 5.02 Å². The van der Waals surface area contributed by atoms with Gasteiger partial charge in [-0.1, -0.05) is 17.7 Å². The zero-order valence-electron chi connectivity index (χ0n) is 17.7. The number of anilines is 1. The van der Waals surface area contributed by atoms with E-state index >= 15 is 8.78 Å². The van der Waals surface area contributed by atoms with E-state index in [1.165, 1.54) is 31.5 Å². The van der Waals surface area contributed by atoms with Crippen molar-refractivity contribution in [3.05, 3.63) is 77.1 Å². The second-order valence-corrected chi connectivity index (χ2v) is 9.57.